The van der Waals surface area contributed by atoms with Gasteiger partial charge in [-0.2, -0.15) is 0 Å². The van der Waals surface area contributed by atoms with Crippen molar-refractivity contribution in [2.24, 2.45) is 0 Å². The zero-order valence-corrected chi connectivity index (χ0v) is 12.6. The number of halogens is 1. The Morgan fingerprint density at radius 3 is 2.83 bits per heavy atom. The Balaban J connectivity index is 2.27. The minimum absolute atomic E-state index is 0.196. The van der Waals surface area contributed by atoms with Crippen LogP contribution in [-0.2, 0) is 0 Å². The molecule has 0 spiro atoms. The Kier molecular flexibility index (Phi) is 4.42. The summed E-state index contributed by atoms with van der Waals surface area (Å²) in [5.74, 6) is 0. The summed E-state index contributed by atoms with van der Waals surface area (Å²) >= 11 is 2.05. The largest absolute Gasteiger partial charge is 0.369 e. The standard InChI is InChI=1S/C13H17IN2O2/c1-10-5-3-2-4-8-15(10)11-6-7-13(16(17)18)12(14)9-11/h6-7,9-10H,2-5,8H2,1H3. The van der Waals surface area contributed by atoms with Crippen molar-refractivity contribution < 1.29 is 4.92 Å². The van der Waals surface area contributed by atoms with Crippen molar-refractivity contribution in [2.45, 2.75) is 38.6 Å². The highest BCUT2D eigenvalue weighted by Gasteiger charge is 2.19. The fourth-order valence-electron chi connectivity index (χ4n) is 2.48. The molecule has 18 heavy (non-hydrogen) atoms. The van der Waals surface area contributed by atoms with E-state index in [1.165, 1.54) is 25.7 Å². The molecule has 0 radical (unpaired) electrons. The summed E-state index contributed by atoms with van der Waals surface area (Å²) in [4.78, 5) is 12.9. The van der Waals surface area contributed by atoms with Crippen LogP contribution >= 0.6 is 22.6 Å². The minimum atomic E-state index is -0.322. The number of hydrogen-bond donors (Lipinski definition) is 0. The van der Waals surface area contributed by atoms with Crippen LogP contribution in [0, 0.1) is 13.7 Å². The molecule has 0 aliphatic carbocycles. The lowest BCUT2D eigenvalue weighted by molar-refractivity contribution is -0.385. The third-order valence-electron chi connectivity index (χ3n) is 3.51. The summed E-state index contributed by atoms with van der Waals surface area (Å²) in [6.07, 6.45) is 4.97. The molecule has 1 aromatic rings. The fourth-order valence-corrected chi connectivity index (χ4v) is 3.18. The zero-order valence-electron chi connectivity index (χ0n) is 10.4. The second-order valence-electron chi connectivity index (χ2n) is 4.78. The Bertz CT molecular complexity index is 451. The number of benzene rings is 1. The van der Waals surface area contributed by atoms with Gasteiger partial charge in [-0.25, -0.2) is 0 Å². The first kappa shape index (κ1) is 13.6. The van der Waals surface area contributed by atoms with E-state index in [9.17, 15) is 10.1 Å². The molecule has 1 fully saturated rings. The van der Waals surface area contributed by atoms with Crippen molar-refractivity contribution in [3.8, 4) is 0 Å². The Morgan fingerprint density at radius 2 is 2.17 bits per heavy atom. The molecule has 1 aliphatic rings. The van der Waals surface area contributed by atoms with Crippen LogP contribution in [0.3, 0.4) is 0 Å². The topological polar surface area (TPSA) is 46.4 Å². The molecule has 0 saturated carbocycles. The molecule has 1 heterocycles. The van der Waals surface area contributed by atoms with E-state index in [1.807, 2.05) is 34.7 Å². The van der Waals surface area contributed by atoms with Crippen LogP contribution in [0.2, 0.25) is 0 Å². The van der Waals surface area contributed by atoms with E-state index in [2.05, 4.69) is 11.8 Å². The van der Waals surface area contributed by atoms with E-state index in [-0.39, 0.29) is 10.6 Å². The van der Waals surface area contributed by atoms with Gasteiger partial charge in [0.1, 0.15) is 0 Å². The van der Waals surface area contributed by atoms with Crippen LogP contribution in [0.5, 0.6) is 0 Å². The van der Waals surface area contributed by atoms with Crippen LogP contribution in [0.1, 0.15) is 32.6 Å². The zero-order chi connectivity index (χ0) is 13.1. The van der Waals surface area contributed by atoms with E-state index >= 15 is 0 Å². The summed E-state index contributed by atoms with van der Waals surface area (Å²) in [5.41, 5.74) is 1.31. The maximum absolute atomic E-state index is 10.8. The van der Waals surface area contributed by atoms with Gasteiger partial charge in [-0.05, 0) is 54.5 Å². The Labute approximate surface area is 121 Å². The molecule has 4 nitrogen and oxygen atoms in total. The monoisotopic (exact) mass is 360 g/mol. The summed E-state index contributed by atoms with van der Waals surface area (Å²) < 4.78 is 0.714. The van der Waals surface area contributed by atoms with Gasteiger partial charge < -0.3 is 4.90 Å². The molecular weight excluding hydrogens is 343 g/mol. The van der Waals surface area contributed by atoms with E-state index in [4.69, 9.17) is 0 Å². The van der Waals surface area contributed by atoms with Crippen LogP contribution in [0.25, 0.3) is 0 Å². The molecule has 2 rings (SSSR count). The second-order valence-corrected chi connectivity index (χ2v) is 5.95. The van der Waals surface area contributed by atoms with Gasteiger partial charge in [0.15, 0.2) is 0 Å². The summed E-state index contributed by atoms with van der Waals surface area (Å²) in [6, 6.07) is 5.95. The van der Waals surface area contributed by atoms with Gasteiger partial charge in [0.2, 0.25) is 0 Å². The lowest BCUT2D eigenvalue weighted by Gasteiger charge is -2.29. The van der Waals surface area contributed by atoms with Crippen molar-refractivity contribution >= 4 is 34.0 Å². The van der Waals surface area contributed by atoms with Crippen LogP contribution in [0.15, 0.2) is 18.2 Å². The van der Waals surface area contributed by atoms with Gasteiger partial charge in [0.25, 0.3) is 5.69 Å². The SMILES string of the molecule is CC1CCCCCN1c1ccc([N+](=O)[O-])c(I)c1. The summed E-state index contributed by atoms with van der Waals surface area (Å²) in [5, 5.41) is 10.8. The molecule has 98 valence electrons. The molecule has 0 amide bonds. The normalized spacial score (nSPS) is 20.6. The molecule has 1 aromatic carbocycles. The number of nitrogens with zero attached hydrogens (tertiary/aromatic N) is 2. The highest BCUT2D eigenvalue weighted by molar-refractivity contribution is 14.1. The van der Waals surface area contributed by atoms with Crippen LogP contribution in [-0.4, -0.2) is 17.5 Å². The van der Waals surface area contributed by atoms with Crippen molar-refractivity contribution in [3.63, 3.8) is 0 Å². The van der Waals surface area contributed by atoms with Gasteiger partial charge >= 0.3 is 0 Å². The second kappa shape index (κ2) is 5.86. The van der Waals surface area contributed by atoms with Crippen molar-refractivity contribution in [3.05, 3.63) is 31.9 Å². The summed E-state index contributed by atoms with van der Waals surface area (Å²) in [6.45, 7) is 3.29. The van der Waals surface area contributed by atoms with Crippen molar-refractivity contribution in [2.75, 3.05) is 11.4 Å². The molecule has 5 heteroatoms. The number of hydrogen-bond acceptors (Lipinski definition) is 3. The first-order chi connectivity index (χ1) is 8.59. The van der Waals surface area contributed by atoms with Crippen LogP contribution in [0.4, 0.5) is 11.4 Å². The predicted octanol–water partition coefficient (Wildman–Crippen LogP) is 3.97. The average molecular weight is 360 g/mol. The van der Waals surface area contributed by atoms with Gasteiger partial charge in [-0.15, -0.1) is 0 Å². The van der Waals surface area contributed by atoms with Gasteiger partial charge in [0.05, 0.1) is 8.49 Å². The third kappa shape index (κ3) is 2.93. The lowest BCUT2D eigenvalue weighted by atomic mass is 10.1. The number of rotatable bonds is 2. The van der Waals surface area contributed by atoms with Crippen molar-refractivity contribution in [1.82, 2.24) is 0 Å². The van der Waals surface area contributed by atoms with E-state index < -0.39 is 0 Å². The highest BCUT2D eigenvalue weighted by atomic mass is 127. The molecule has 1 atom stereocenters. The summed E-state index contributed by atoms with van der Waals surface area (Å²) in [7, 11) is 0. The van der Waals surface area contributed by atoms with E-state index in [1.54, 1.807) is 6.07 Å². The minimum Gasteiger partial charge on any atom is -0.369 e. The average Bonchev–Trinajstić information content (AvgIpc) is 2.53. The van der Waals surface area contributed by atoms with E-state index in [0.29, 0.717) is 9.61 Å². The highest BCUT2D eigenvalue weighted by Crippen LogP contribution is 2.29. The number of anilines is 1. The number of nitro groups is 1. The molecule has 0 N–H and O–H groups in total. The maximum atomic E-state index is 10.8. The molecular formula is C13H17IN2O2. The molecule has 0 bridgehead atoms. The first-order valence-corrected chi connectivity index (χ1v) is 7.38. The smallest absolute Gasteiger partial charge is 0.282 e. The Morgan fingerprint density at radius 1 is 1.39 bits per heavy atom. The predicted molar refractivity (Wildman–Crippen MR) is 81.1 cm³/mol. The van der Waals surface area contributed by atoms with Gasteiger partial charge in [-0.1, -0.05) is 12.8 Å². The molecule has 1 saturated heterocycles. The van der Waals surface area contributed by atoms with Gasteiger partial charge in [0, 0.05) is 24.3 Å². The first-order valence-electron chi connectivity index (χ1n) is 6.30. The Hall–Kier alpha value is -0.850. The molecule has 0 aromatic heterocycles. The number of nitro benzene ring substituents is 1. The molecule has 1 aliphatic heterocycles. The van der Waals surface area contributed by atoms with Crippen LogP contribution < -0.4 is 4.90 Å². The quantitative estimate of drug-likeness (QED) is 0.456. The van der Waals surface area contributed by atoms with Crippen molar-refractivity contribution in [1.29, 1.82) is 0 Å². The van der Waals surface area contributed by atoms with Gasteiger partial charge in [-0.3, -0.25) is 10.1 Å². The molecule has 1 unspecified atom stereocenters. The maximum Gasteiger partial charge on any atom is 0.282 e. The third-order valence-corrected chi connectivity index (χ3v) is 4.38. The lowest BCUT2D eigenvalue weighted by Crippen LogP contribution is -2.32. The fraction of sp³-hybridized carbons (Fsp3) is 0.538. The van der Waals surface area contributed by atoms with E-state index in [0.717, 1.165) is 12.2 Å².